The standard InChI is InChI=1S/C11H13N3O2/c15-10-6-9(13-14-10)11(16)12-7-8-4-2-1-3-5-8/h1-5,9,13H,6-7H2,(H,12,16)(H,14,15). The van der Waals surface area contributed by atoms with Crippen molar-refractivity contribution in [2.45, 2.75) is 19.0 Å². The van der Waals surface area contributed by atoms with Crippen LogP contribution < -0.4 is 16.2 Å². The van der Waals surface area contributed by atoms with E-state index in [0.717, 1.165) is 5.56 Å². The Morgan fingerprint density at radius 2 is 2.12 bits per heavy atom. The van der Waals surface area contributed by atoms with Crippen molar-refractivity contribution in [3.8, 4) is 0 Å². The molecule has 2 rings (SSSR count). The molecule has 0 bridgehead atoms. The smallest absolute Gasteiger partial charge is 0.239 e. The minimum Gasteiger partial charge on any atom is -0.351 e. The fraction of sp³-hybridized carbons (Fsp3) is 0.273. The number of hydrogen-bond acceptors (Lipinski definition) is 3. The van der Waals surface area contributed by atoms with Gasteiger partial charge >= 0.3 is 0 Å². The van der Waals surface area contributed by atoms with Crippen LogP contribution >= 0.6 is 0 Å². The third kappa shape index (κ3) is 2.58. The molecule has 1 fully saturated rings. The Kier molecular flexibility index (Phi) is 3.16. The fourth-order valence-corrected chi connectivity index (χ4v) is 1.52. The maximum Gasteiger partial charge on any atom is 0.239 e. The van der Waals surface area contributed by atoms with Crippen LogP contribution in [0.3, 0.4) is 0 Å². The van der Waals surface area contributed by atoms with Gasteiger partial charge in [0.15, 0.2) is 0 Å². The van der Waals surface area contributed by atoms with Crippen LogP contribution in [0.4, 0.5) is 0 Å². The van der Waals surface area contributed by atoms with Crippen molar-refractivity contribution in [1.82, 2.24) is 16.2 Å². The van der Waals surface area contributed by atoms with E-state index in [2.05, 4.69) is 16.2 Å². The first kappa shape index (κ1) is 10.6. The highest BCUT2D eigenvalue weighted by Gasteiger charge is 2.26. The number of carbonyl (C=O) groups excluding carboxylic acids is 2. The highest BCUT2D eigenvalue weighted by molar-refractivity contribution is 5.90. The average Bonchev–Trinajstić information content (AvgIpc) is 2.74. The lowest BCUT2D eigenvalue weighted by Gasteiger charge is -2.09. The molecule has 1 saturated heterocycles. The zero-order valence-electron chi connectivity index (χ0n) is 8.69. The second kappa shape index (κ2) is 4.76. The quantitative estimate of drug-likeness (QED) is 0.653. The molecule has 3 N–H and O–H groups in total. The second-order valence-electron chi connectivity index (χ2n) is 3.65. The van der Waals surface area contributed by atoms with Crippen molar-refractivity contribution in [3.63, 3.8) is 0 Å². The van der Waals surface area contributed by atoms with Gasteiger partial charge in [0, 0.05) is 6.54 Å². The lowest BCUT2D eigenvalue weighted by molar-refractivity contribution is -0.124. The molecule has 1 aliphatic rings. The lowest BCUT2D eigenvalue weighted by atomic mass is 10.2. The molecule has 2 amide bonds. The number of hydrazine groups is 1. The van der Waals surface area contributed by atoms with Crippen LogP contribution in [0, 0.1) is 0 Å². The van der Waals surface area contributed by atoms with Gasteiger partial charge < -0.3 is 5.32 Å². The van der Waals surface area contributed by atoms with Gasteiger partial charge in [0.2, 0.25) is 11.8 Å². The van der Waals surface area contributed by atoms with Crippen LogP contribution in [0.15, 0.2) is 30.3 Å². The topological polar surface area (TPSA) is 70.2 Å². The van der Waals surface area contributed by atoms with Crippen LogP contribution in [0.5, 0.6) is 0 Å². The van der Waals surface area contributed by atoms with Crippen molar-refractivity contribution < 1.29 is 9.59 Å². The summed E-state index contributed by atoms with van der Waals surface area (Å²) < 4.78 is 0. The molecule has 84 valence electrons. The molecule has 1 aromatic carbocycles. The van der Waals surface area contributed by atoms with Crippen LogP contribution in [0.2, 0.25) is 0 Å². The predicted molar refractivity (Wildman–Crippen MR) is 58.0 cm³/mol. The average molecular weight is 219 g/mol. The fourth-order valence-electron chi connectivity index (χ4n) is 1.52. The van der Waals surface area contributed by atoms with Crippen LogP contribution in [0.1, 0.15) is 12.0 Å². The molecule has 0 radical (unpaired) electrons. The van der Waals surface area contributed by atoms with E-state index in [1.54, 1.807) is 0 Å². The Morgan fingerprint density at radius 1 is 1.38 bits per heavy atom. The summed E-state index contributed by atoms with van der Waals surface area (Å²) in [6.07, 6.45) is 0.195. The summed E-state index contributed by atoms with van der Waals surface area (Å²) in [5, 5.41) is 2.77. The normalized spacial score (nSPS) is 19.2. The van der Waals surface area contributed by atoms with Crippen molar-refractivity contribution in [2.24, 2.45) is 0 Å². The highest BCUT2D eigenvalue weighted by Crippen LogP contribution is 2.00. The Morgan fingerprint density at radius 3 is 2.75 bits per heavy atom. The number of amides is 2. The molecule has 5 nitrogen and oxygen atoms in total. The number of nitrogens with one attached hydrogen (secondary N) is 3. The number of rotatable bonds is 3. The number of hydrogen-bond donors (Lipinski definition) is 3. The highest BCUT2D eigenvalue weighted by atomic mass is 16.2. The molecule has 1 aromatic rings. The molecule has 1 aliphatic heterocycles. The van der Waals surface area contributed by atoms with Gasteiger partial charge in [-0.05, 0) is 5.56 Å². The van der Waals surface area contributed by atoms with Gasteiger partial charge in [-0.1, -0.05) is 30.3 Å². The summed E-state index contributed by atoms with van der Waals surface area (Å²) >= 11 is 0. The van der Waals surface area contributed by atoms with E-state index in [1.807, 2.05) is 30.3 Å². The molecule has 5 heteroatoms. The minimum absolute atomic E-state index is 0.153. The maximum atomic E-state index is 11.6. The molecule has 0 spiro atoms. The van der Waals surface area contributed by atoms with Gasteiger partial charge in [-0.3, -0.25) is 15.0 Å². The Bertz CT molecular complexity index is 391. The summed E-state index contributed by atoms with van der Waals surface area (Å²) in [5.74, 6) is -0.318. The van der Waals surface area contributed by atoms with Gasteiger partial charge in [-0.2, -0.15) is 0 Å². The van der Waals surface area contributed by atoms with Gasteiger partial charge in [-0.15, -0.1) is 0 Å². The van der Waals surface area contributed by atoms with E-state index in [-0.39, 0.29) is 18.2 Å². The Balaban J connectivity index is 1.82. The molecule has 0 saturated carbocycles. The van der Waals surface area contributed by atoms with E-state index >= 15 is 0 Å². The molecule has 0 aliphatic carbocycles. The first-order chi connectivity index (χ1) is 7.75. The third-order valence-corrected chi connectivity index (χ3v) is 2.40. The number of carbonyl (C=O) groups is 2. The van der Waals surface area contributed by atoms with E-state index < -0.39 is 6.04 Å². The third-order valence-electron chi connectivity index (χ3n) is 2.40. The summed E-state index contributed by atoms with van der Waals surface area (Å²) in [6.45, 7) is 0.478. The zero-order valence-corrected chi connectivity index (χ0v) is 8.69. The maximum absolute atomic E-state index is 11.6. The largest absolute Gasteiger partial charge is 0.351 e. The Labute approximate surface area is 93.2 Å². The minimum atomic E-state index is -0.462. The zero-order chi connectivity index (χ0) is 11.4. The van der Waals surface area contributed by atoms with Crippen LogP contribution in [-0.2, 0) is 16.1 Å². The van der Waals surface area contributed by atoms with Crippen molar-refractivity contribution in [2.75, 3.05) is 0 Å². The van der Waals surface area contributed by atoms with Gasteiger partial charge in [0.1, 0.15) is 6.04 Å². The monoisotopic (exact) mass is 219 g/mol. The predicted octanol–water partition coefficient (Wildman–Crippen LogP) is -0.304. The van der Waals surface area contributed by atoms with E-state index in [4.69, 9.17) is 0 Å². The molecular weight excluding hydrogens is 206 g/mol. The second-order valence-corrected chi connectivity index (χ2v) is 3.65. The van der Waals surface area contributed by atoms with Crippen LogP contribution in [-0.4, -0.2) is 17.9 Å². The first-order valence-corrected chi connectivity index (χ1v) is 5.12. The molecule has 16 heavy (non-hydrogen) atoms. The first-order valence-electron chi connectivity index (χ1n) is 5.12. The summed E-state index contributed by atoms with van der Waals surface area (Å²) in [6, 6.07) is 9.17. The molecule has 1 unspecified atom stereocenters. The lowest BCUT2D eigenvalue weighted by Crippen LogP contribution is -2.42. The van der Waals surface area contributed by atoms with E-state index in [1.165, 1.54) is 0 Å². The van der Waals surface area contributed by atoms with Crippen LogP contribution in [0.25, 0.3) is 0 Å². The van der Waals surface area contributed by atoms with Crippen molar-refractivity contribution in [1.29, 1.82) is 0 Å². The Hall–Kier alpha value is -1.88. The van der Waals surface area contributed by atoms with Crippen molar-refractivity contribution in [3.05, 3.63) is 35.9 Å². The summed E-state index contributed by atoms with van der Waals surface area (Å²) in [4.78, 5) is 22.5. The van der Waals surface area contributed by atoms with Crippen molar-refractivity contribution >= 4 is 11.8 Å². The number of benzene rings is 1. The SMILES string of the molecule is O=C1CC(C(=O)NCc2ccccc2)NN1. The summed E-state index contributed by atoms with van der Waals surface area (Å²) in [5.41, 5.74) is 6.07. The molecule has 1 heterocycles. The molecule has 1 atom stereocenters. The summed E-state index contributed by atoms with van der Waals surface area (Å²) in [7, 11) is 0. The van der Waals surface area contributed by atoms with Gasteiger partial charge in [0.05, 0.1) is 6.42 Å². The van der Waals surface area contributed by atoms with Gasteiger partial charge in [0.25, 0.3) is 0 Å². The molecule has 0 aromatic heterocycles. The van der Waals surface area contributed by atoms with Gasteiger partial charge in [-0.25, -0.2) is 5.43 Å². The molecular formula is C11H13N3O2. The van der Waals surface area contributed by atoms with E-state index in [0.29, 0.717) is 6.54 Å². The van der Waals surface area contributed by atoms with E-state index in [9.17, 15) is 9.59 Å².